The van der Waals surface area contributed by atoms with Crippen LogP contribution in [0.5, 0.6) is 0 Å². The van der Waals surface area contributed by atoms with Crippen molar-refractivity contribution in [1.82, 2.24) is 20.5 Å². The summed E-state index contributed by atoms with van der Waals surface area (Å²) in [5.41, 5.74) is 2.71. The number of nitrogens with one attached hydrogen (secondary N) is 2. The molecule has 1 aromatic heterocycles. The van der Waals surface area contributed by atoms with Gasteiger partial charge < -0.3 is 15.1 Å². The highest BCUT2D eigenvalue weighted by atomic mass is 16.2. The van der Waals surface area contributed by atoms with Crippen LogP contribution in [-0.4, -0.2) is 53.9 Å². The van der Waals surface area contributed by atoms with Crippen LogP contribution >= 0.6 is 0 Å². The molecule has 3 aliphatic rings. The van der Waals surface area contributed by atoms with Crippen LogP contribution in [0, 0.1) is 6.92 Å². The minimum atomic E-state index is -1.08. The quantitative estimate of drug-likeness (QED) is 0.688. The molecule has 2 aromatic rings. The van der Waals surface area contributed by atoms with Crippen molar-refractivity contribution in [2.45, 2.75) is 44.6 Å². The maximum atomic E-state index is 13.1. The standard InChI is InChI=1S/C25H29N5O3/c1-3-25(23(32)27-24(33)28-25)20-8-6-18(7-9-20)22(31)30-12-10-29(11-13-30)21-16(2)14-19(15-26-21)17-4-5-17/h6-9,14-15,17H,3-5,10-13H2,1-2H3,(H2,27,28,32,33)/t25-/m0/s1. The monoisotopic (exact) mass is 447 g/mol. The predicted molar refractivity (Wildman–Crippen MR) is 124 cm³/mol. The van der Waals surface area contributed by atoms with Gasteiger partial charge in [0.05, 0.1) is 0 Å². The third-order valence-corrected chi connectivity index (χ3v) is 7.08. The molecule has 33 heavy (non-hydrogen) atoms. The second-order valence-electron chi connectivity index (χ2n) is 9.21. The van der Waals surface area contributed by atoms with Crippen LogP contribution in [0.3, 0.4) is 0 Å². The molecule has 4 amide bonds. The van der Waals surface area contributed by atoms with Gasteiger partial charge in [-0.15, -0.1) is 0 Å². The zero-order valence-electron chi connectivity index (χ0n) is 19.1. The van der Waals surface area contributed by atoms with Crippen LogP contribution in [0.25, 0.3) is 0 Å². The van der Waals surface area contributed by atoms with E-state index in [2.05, 4.69) is 28.5 Å². The number of rotatable bonds is 5. The van der Waals surface area contributed by atoms with Gasteiger partial charge in [0.25, 0.3) is 11.8 Å². The van der Waals surface area contributed by atoms with Gasteiger partial charge in [0.1, 0.15) is 11.4 Å². The molecule has 2 N–H and O–H groups in total. The van der Waals surface area contributed by atoms with Gasteiger partial charge in [-0.25, -0.2) is 9.78 Å². The van der Waals surface area contributed by atoms with E-state index < -0.39 is 11.6 Å². The molecular formula is C25H29N5O3. The van der Waals surface area contributed by atoms with E-state index in [1.807, 2.05) is 18.0 Å². The van der Waals surface area contributed by atoms with E-state index >= 15 is 0 Å². The minimum absolute atomic E-state index is 0.0274. The lowest BCUT2D eigenvalue weighted by molar-refractivity contribution is -0.124. The Hall–Kier alpha value is -3.42. The summed E-state index contributed by atoms with van der Waals surface area (Å²) < 4.78 is 0. The number of pyridine rings is 1. The van der Waals surface area contributed by atoms with Crippen LogP contribution in [-0.2, 0) is 10.3 Å². The number of benzene rings is 1. The predicted octanol–water partition coefficient (Wildman–Crippen LogP) is 2.67. The van der Waals surface area contributed by atoms with E-state index in [-0.39, 0.29) is 11.8 Å². The fraction of sp³-hybridized carbons (Fsp3) is 0.440. The minimum Gasteiger partial charge on any atom is -0.353 e. The van der Waals surface area contributed by atoms with Crippen LogP contribution in [0.15, 0.2) is 36.5 Å². The molecule has 1 saturated carbocycles. The van der Waals surface area contributed by atoms with Gasteiger partial charge in [-0.3, -0.25) is 14.9 Å². The van der Waals surface area contributed by atoms with Crippen LogP contribution in [0.4, 0.5) is 10.6 Å². The van der Waals surface area contributed by atoms with Gasteiger partial charge in [-0.05, 0) is 60.9 Å². The molecule has 172 valence electrons. The van der Waals surface area contributed by atoms with E-state index in [4.69, 9.17) is 4.98 Å². The highest BCUT2D eigenvalue weighted by molar-refractivity contribution is 6.07. The molecule has 1 atom stereocenters. The number of aryl methyl sites for hydroxylation is 1. The lowest BCUT2D eigenvalue weighted by atomic mass is 9.87. The molecule has 1 aliphatic carbocycles. The summed E-state index contributed by atoms with van der Waals surface area (Å²) in [6.45, 7) is 6.70. The summed E-state index contributed by atoms with van der Waals surface area (Å²) in [5.74, 6) is 1.31. The fourth-order valence-electron chi connectivity index (χ4n) is 4.91. The molecule has 8 nitrogen and oxygen atoms in total. The maximum Gasteiger partial charge on any atom is 0.322 e. The first-order valence-corrected chi connectivity index (χ1v) is 11.7. The van der Waals surface area contributed by atoms with Gasteiger partial charge in [0.15, 0.2) is 0 Å². The Kier molecular flexibility index (Phi) is 5.31. The van der Waals surface area contributed by atoms with E-state index in [1.165, 1.54) is 24.0 Å². The van der Waals surface area contributed by atoms with Crippen molar-refractivity contribution in [3.8, 4) is 0 Å². The van der Waals surface area contributed by atoms with Crippen molar-refractivity contribution in [1.29, 1.82) is 0 Å². The Labute approximate surface area is 193 Å². The highest BCUT2D eigenvalue weighted by Gasteiger charge is 2.46. The first-order valence-electron chi connectivity index (χ1n) is 11.7. The molecule has 3 heterocycles. The Balaban J connectivity index is 1.24. The molecule has 2 aliphatic heterocycles. The smallest absolute Gasteiger partial charge is 0.322 e. The van der Waals surface area contributed by atoms with Gasteiger partial charge in [0, 0.05) is 37.9 Å². The average Bonchev–Trinajstić information content (AvgIpc) is 3.63. The number of urea groups is 1. The van der Waals surface area contributed by atoms with Crippen molar-refractivity contribution in [3.63, 3.8) is 0 Å². The average molecular weight is 448 g/mol. The number of imide groups is 1. The second kappa shape index (κ2) is 8.17. The number of hydrogen-bond donors (Lipinski definition) is 2. The topological polar surface area (TPSA) is 94.6 Å². The van der Waals surface area contributed by atoms with Crippen LogP contribution in [0.1, 0.15) is 59.2 Å². The van der Waals surface area contributed by atoms with Crippen molar-refractivity contribution in [2.24, 2.45) is 0 Å². The van der Waals surface area contributed by atoms with Crippen molar-refractivity contribution < 1.29 is 14.4 Å². The number of carbonyl (C=O) groups excluding carboxylic acids is 3. The van der Waals surface area contributed by atoms with Crippen molar-refractivity contribution >= 4 is 23.7 Å². The zero-order valence-corrected chi connectivity index (χ0v) is 19.1. The number of aromatic nitrogens is 1. The number of hydrogen-bond acceptors (Lipinski definition) is 5. The highest BCUT2D eigenvalue weighted by Crippen LogP contribution is 2.40. The molecule has 0 bridgehead atoms. The molecule has 1 aromatic carbocycles. The largest absolute Gasteiger partial charge is 0.353 e. The molecule has 0 unspecified atom stereocenters. The van der Waals surface area contributed by atoms with E-state index in [9.17, 15) is 14.4 Å². The summed E-state index contributed by atoms with van der Waals surface area (Å²) in [4.78, 5) is 45.9. The van der Waals surface area contributed by atoms with Crippen LogP contribution in [0.2, 0.25) is 0 Å². The van der Waals surface area contributed by atoms with Gasteiger partial charge >= 0.3 is 6.03 Å². The Morgan fingerprint density at radius 2 is 1.82 bits per heavy atom. The van der Waals surface area contributed by atoms with E-state index in [0.29, 0.717) is 36.6 Å². The molecule has 3 fully saturated rings. The summed E-state index contributed by atoms with van der Waals surface area (Å²) in [7, 11) is 0. The molecule has 0 spiro atoms. The second-order valence-corrected chi connectivity index (χ2v) is 9.21. The SMILES string of the molecule is CC[C@@]1(c2ccc(C(=O)N3CCN(c4ncc(C5CC5)cc4C)CC3)cc2)NC(=O)NC1=O. The summed E-state index contributed by atoms with van der Waals surface area (Å²) in [6, 6.07) is 8.75. The fourth-order valence-corrected chi connectivity index (χ4v) is 4.91. The number of anilines is 1. The molecular weight excluding hydrogens is 418 g/mol. The van der Waals surface area contributed by atoms with Crippen molar-refractivity contribution in [2.75, 3.05) is 31.1 Å². The number of nitrogens with zero attached hydrogens (tertiary/aromatic N) is 3. The third-order valence-electron chi connectivity index (χ3n) is 7.08. The lowest BCUT2D eigenvalue weighted by Crippen LogP contribution is -2.49. The van der Waals surface area contributed by atoms with Gasteiger partial charge in [-0.2, -0.15) is 0 Å². The van der Waals surface area contributed by atoms with Gasteiger partial charge in [-0.1, -0.05) is 25.1 Å². The first kappa shape index (κ1) is 21.4. The lowest BCUT2D eigenvalue weighted by Gasteiger charge is -2.36. The molecule has 8 heteroatoms. The van der Waals surface area contributed by atoms with E-state index in [0.717, 1.165) is 18.9 Å². The molecule has 5 rings (SSSR count). The zero-order chi connectivity index (χ0) is 23.2. The normalized spacial score (nSPS) is 22.8. The summed E-state index contributed by atoms with van der Waals surface area (Å²) in [5, 5.41) is 5.03. The summed E-state index contributed by atoms with van der Waals surface area (Å²) >= 11 is 0. The first-order chi connectivity index (χ1) is 15.9. The third kappa shape index (κ3) is 3.83. The Morgan fingerprint density at radius 1 is 1.12 bits per heavy atom. The number of amides is 4. The molecule has 0 radical (unpaired) electrons. The Bertz CT molecular complexity index is 1100. The van der Waals surface area contributed by atoms with Crippen molar-refractivity contribution in [3.05, 3.63) is 58.8 Å². The maximum absolute atomic E-state index is 13.1. The number of piperazine rings is 1. The van der Waals surface area contributed by atoms with Crippen LogP contribution < -0.4 is 15.5 Å². The number of carbonyl (C=O) groups is 3. The van der Waals surface area contributed by atoms with Gasteiger partial charge in [0.2, 0.25) is 0 Å². The Morgan fingerprint density at radius 3 is 2.36 bits per heavy atom. The molecule has 2 saturated heterocycles. The van der Waals surface area contributed by atoms with E-state index in [1.54, 1.807) is 24.3 Å². The summed E-state index contributed by atoms with van der Waals surface area (Å²) in [6.07, 6.45) is 4.97.